The molecule has 23 heavy (non-hydrogen) atoms. The monoisotopic (exact) mass is 350 g/mol. The Bertz CT molecular complexity index is 598. The molecule has 1 aliphatic heterocycles. The fourth-order valence-electron chi connectivity index (χ4n) is 2.31. The molecule has 0 aliphatic carbocycles. The van der Waals surface area contributed by atoms with Gasteiger partial charge in [-0.2, -0.15) is 0 Å². The molecule has 1 saturated heterocycles. The van der Waals surface area contributed by atoms with E-state index in [1.165, 1.54) is 5.39 Å². The van der Waals surface area contributed by atoms with Gasteiger partial charge >= 0.3 is 0 Å². The largest absolute Gasteiger partial charge is 0.378 e. The number of ether oxygens (including phenoxy) is 2. The summed E-state index contributed by atoms with van der Waals surface area (Å²) >= 11 is 3.78. The van der Waals surface area contributed by atoms with Gasteiger partial charge in [0.25, 0.3) is 0 Å². The first-order valence-electron chi connectivity index (χ1n) is 7.85. The Balaban J connectivity index is 1.69. The Hall–Kier alpha value is -0.950. The van der Waals surface area contributed by atoms with Gasteiger partial charge in [-0.15, -0.1) is 23.5 Å². The highest BCUT2D eigenvalue weighted by atomic mass is 32.2. The zero-order valence-electron chi connectivity index (χ0n) is 13.1. The van der Waals surface area contributed by atoms with Gasteiger partial charge in [-0.1, -0.05) is 18.2 Å². The molecule has 0 spiro atoms. The summed E-state index contributed by atoms with van der Waals surface area (Å²) in [6, 6.07) is 12.5. The standard InChI is InChI=1S/C17H22N2O2S2/c1-2-4-16-15(3-1)5-6-17(18-16)19-13-22-11-9-20-7-8-21-10-12-23-14-19/h1-6H,7-14H2. The topological polar surface area (TPSA) is 34.6 Å². The maximum atomic E-state index is 5.56. The summed E-state index contributed by atoms with van der Waals surface area (Å²) in [5.41, 5.74) is 1.05. The molecule has 1 aliphatic rings. The fraction of sp³-hybridized carbons (Fsp3) is 0.471. The number of aromatic nitrogens is 1. The van der Waals surface area contributed by atoms with E-state index in [0.29, 0.717) is 13.2 Å². The predicted octanol–water partition coefficient (Wildman–Crippen LogP) is 3.47. The molecule has 3 rings (SSSR count). The zero-order valence-corrected chi connectivity index (χ0v) is 14.8. The Morgan fingerprint density at radius 2 is 1.52 bits per heavy atom. The van der Waals surface area contributed by atoms with E-state index in [1.807, 2.05) is 29.6 Å². The van der Waals surface area contributed by atoms with E-state index in [-0.39, 0.29) is 0 Å². The maximum absolute atomic E-state index is 5.56. The second-order valence-corrected chi connectivity index (χ2v) is 7.35. The molecule has 4 nitrogen and oxygen atoms in total. The van der Waals surface area contributed by atoms with Crippen LogP contribution in [-0.4, -0.2) is 54.7 Å². The predicted molar refractivity (Wildman–Crippen MR) is 101 cm³/mol. The lowest BCUT2D eigenvalue weighted by Gasteiger charge is -2.23. The van der Waals surface area contributed by atoms with Crippen LogP contribution in [0.2, 0.25) is 0 Å². The molecule has 0 atom stereocenters. The minimum atomic E-state index is 0.696. The van der Waals surface area contributed by atoms with Crippen LogP contribution in [0.15, 0.2) is 36.4 Å². The van der Waals surface area contributed by atoms with Crippen LogP contribution in [0.4, 0.5) is 5.82 Å². The Morgan fingerprint density at radius 1 is 0.826 bits per heavy atom. The fourth-order valence-corrected chi connectivity index (χ4v) is 4.04. The molecule has 2 heterocycles. The maximum Gasteiger partial charge on any atom is 0.130 e. The number of hydrogen-bond donors (Lipinski definition) is 0. The molecule has 1 aromatic heterocycles. The van der Waals surface area contributed by atoms with E-state index in [0.717, 1.165) is 47.8 Å². The molecule has 124 valence electrons. The van der Waals surface area contributed by atoms with Crippen molar-refractivity contribution >= 4 is 40.2 Å². The highest BCUT2D eigenvalue weighted by Crippen LogP contribution is 2.22. The number of anilines is 1. The van der Waals surface area contributed by atoms with Crippen molar-refractivity contribution < 1.29 is 9.47 Å². The quantitative estimate of drug-likeness (QED) is 0.783. The molecular weight excluding hydrogens is 328 g/mol. The summed E-state index contributed by atoms with van der Waals surface area (Å²) in [6.45, 7) is 2.95. The van der Waals surface area contributed by atoms with Gasteiger partial charge in [0.2, 0.25) is 0 Å². The molecule has 1 fully saturated rings. The van der Waals surface area contributed by atoms with Crippen molar-refractivity contribution in [2.75, 3.05) is 54.6 Å². The molecule has 6 heteroatoms. The molecule has 0 N–H and O–H groups in total. The molecule has 0 saturated carbocycles. The van der Waals surface area contributed by atoms with E-state index in [2.05, 4.69) is 35.2 Å². The van der Waals surface area contributed by atoms with E-state index in [1.54, 1.807) is 0 Å². The summed E-state index contributed by atoms with van der Waals surface area (Å²) in [6.07, 6.45) is 0. The first-order chi connectivity index (χ1) is 11.4. The smallest absolute Gasteiger partial charge is 0.130 e. The highest BCUT2D eigenvalue weighted by molar-refractivity contribution is 8.00. The third kappa shape index (κ3) is 5.28. The Kier molecular flexibility index (Phi) is 6.88. The highest BCUT2D eigenvalue weighted by Gasteiger charge is 2.09. The van der Waals surface area contributed by atoms with Gasteiger partial charge < -0.3 is 14.4 Å². The summed E-state index contributed by atoms with van der Waals surface area (Å²) in [7, 11) is 0. The van der Waals surface area contributed by atoms with Gasteiger partial charge in [0, 0.05) is 16.9 Å². The summed E-state index contributed by atoms with van der Waals surface area (Å²) < 4.78 is 11.1. The van der Waals surface area contributed by atoms with Gasteiger partial charge in [-0.3, -0.25) is 0 Å². The van der Waals surface area contributed by atoms with Crippen LogP contribution in [0.1, 0.15) is 0 Å². The first kappa shape index (κ1) is 16.9. The van der Waals surface area contributed by atoms with Crippen molar-refractivity contribution in [3.8, 4) is 0 Å². The van der Waals surface area contributed by atoms with Crippen LogP contribution in [0.3, 0.4) is 0 Å². The lowest BCUT2D eigenvalue weighted by atomic mass is 10.2. The van der Waals surface area contributed by atoms with Gasteiger partial charge in [0.15, 0.2) is 0 Å². The van der Waals surface area contributed by atoms with Gasteiger partial charge in [0.05, 0.1) is 43.7 Å². The lowest BCUT2D eigenvalue weighted by Crippen LogP contribution is -2.24. The van der Waals surface area contributed by atoms with Crippen LogP contribution < -0.4 is 4.90 Å². The normalized spacial score (nSPS) is 18.9. The number of thioether (sulfide) groups is 2. The van der Waals surface area contributed by atoms with E-state index >= 15 is 0 Å². The Labute approximate surface area is 145 Å². The molecule has 0 amide bonds. The lowest BCUT2D eigenvalue weighted by molar-refractivity contribution is 0.0605. The number of para-hydroxylation sites is 1. The van der Waals surface area contributed by atoms with Crippen molar-refractivity contribution in [2.45, 2.75) is 0 Å². The van der Waals surface area contributed by atoms with Crippen LogP contribution in [0.5, 0.6) is 0 Å². The first-order valence-corrected chi connectivity index (χ1v) is 10.2. The summed E-state index contributed by atoms with van der Waals surface area (Å²) in [5, 5.41) is 1.18. The molecule has 1 aromatic carbocycles. The average molecular weight is 351 g/mol. The third-order valence-electron chi connectivity index (χ3n) is 3.52. The van der Waals surface area contributed by atoms with Crippen molar-refractivity contribution in [3.05, 3.63) is 36.4 Å². The van der Waals surface area contributed by atoms with Crippen molar-refractivity contribution in [2.24, 2.45) is 0 Å². The van der Waals surface area contributed by atoms with Crippen molar-refractivity contribution in [1.82, 2.24) is 4.98 Å². The number of fused-ring (bicyclic) bond motifs is 1. The SMILES string of the molecule is c1ccc2nc(N3CSCCOCCOCCSC3)ccc2c1. The third-order valence-corrected chi connectivity index (χ3v) is 5.42. The molecule has 2 aromatic rings. The molecule has 0 unspecified atom stereocenters. The van der Waals surface area contributed by atoms with Crippen LogP contribution in [0.25, 0.3) is 10.9 Å². The minimum Gasteiger partial charge on any atom is -0.378 e. The molecular formula is C17H22N2O2S2. The van der Waals surface area contributed by atoms with E-state index in [4.69, 9.17) is 14.5 Å². The average Bonchev–Trinajstić information content (AvgIpc) is 2.62. The van der Waals surface area contributed by atoms with Crippen LogP contribution >= 0.6 is 23.5 Å². The molecule has 0 bridgehead atoms. The van der Waals surface area contributed by atoms with Gasteiger partial charge in [-0.25, -0.2) is 4.98 Å². The summed E-state index contributed by atoms with van der Waals surface area (Å²) in [4.78, 5) is 7.16. The van der Waals surface area contributed by atoms with Gasteiger partial charge in [-0.05, 0) is 18.2 Å². The van der Waals surface area contributed by atoms with Crippen LogP contribution in [-0.2, 0) is 9.47 Å². The van der Waals surface area contributed by atoms with Crippen LogP contribution in [0, 0.1) is 0 Å². The minimum absolute atomic E-state index is 0.696. The number of pyridine rings is 1. The second kappa shape index (κ2) is 9.37. The number of benzene rings is 1. The second-order valence-electron chi connectivity index (χ2n) is 5.20. The number of hydrogen-bond acceptors (Lipinski definition) is 6. The van der Waals surface area contributed by atoms with Crippen molar-refractivity contribution in [1.29, 1.82) is 0 Å². The Morgan fingerprint density at radius 3 is 2.26 bits per heavy atom. The van der Waals surface area contributed by atoms with Gasteiger partial charge in [0.1, 0.15) is 5.82 Å². The van der Waals surface area contributed by atoms with E-state index < -0.39 is 0 Å². The van der Waals surface area contributed by atoms with E-state index in [9.17, 15) is 0 Å². The number of nitrogens with zero attached hydrogens (tertiary/aromatic N) is 2. The van der Waals surface area contributed by atoms with Crippen molar-refractivity contribution in [3.63, 3.8) is 0 Å². The number of rotatable bonds is 1. The summed E-state index contributed by atoms with van der Waals surface area (Å²) in [5.74, 6) is 4.90. The molecule has 0 radical (unpaired) electrons. The zero-order chi connectivity index (χ0) is 15.7.